The van der Waals surface area contributed by atoms with Gasteiger partial charge >= 0.3 is 0 Å². The fourth-order valence-corrected chi connectivity index (χ4v) is 2.71. The average Bonchev–Trinajstić information content (AvgIpc) is 2.59. The van der Waals surface area contributed by atoms with Crippen molar-refractivity contribution in [3.05, 3.63) is 24.5 Å². The number of piperidine rings is 1. The van der Waals surface area contributed by atoms with Gasteiger partial charge in [-0.05, 0) is 25.0 Å². The number of nitrogens with zero attached hydrogens (tertiary/aromatic N) is 2. The van der Waals surface area contributed by atoms with Crippen molar-refractivity contribution in [2.75, 3.05) is 13.1 Å². The maximum atomic E-state index is 2.55. The summed E-state index contributed by atoms with van der Waals surface area (Å²) >= 11 is 0. The lowest BCUT2D eigenvalue weighted by Crippen LogP contribution is -2.22. The van der Waals surface area contributed by atoms with Crippen LogP contribution in [0.15, 0.2) is 24.5 Å². The molecule has 0 spiro atoms. The Bertz CT molecular complexity index is 214. The average molecular weight is 182 g/mol. The Morgan fingerprint density at radius 1 is 0.917 bits per heavy atom. The van der Waals surface area contributed by atoms with Gasteiger partial charge in [0.15, 0.2) is 0 Å². The molecule has 1 unspecified atom stereocenters. The van der Waals surface area contributed by atoms with Crippen molar-refractivity contribution in [2.24, 2.45) is 0 Å². The van der Waals surface area contributed by atoms with Crippen LogP contribution < -0.4 is 0 Å². The molecule has 1 aromatic rings. The normalized spacial score (nSPS) is 20.7. The monoisotopic (exact) mass is 182 g/mol. The molecule has 66 valence electrons. The smallest absolute Gasteiger partial charge is 0.0555 e. The summed E-state index contributed by atoms with van der Waals surface area (Å²) in [6.45, 7) is 2.58. The van der Waals surface area contributed by atoms with Gasteiger partial charge in [0.2, 0.25) is 0 Å². The van der Waals surface area contributed by atoms with E-state index in [1.54, 1.807) is 0 Å². The lowest BCUT2D eigenvalue weighted by Gasteiger charge is -2.26. The third-order valence-electron chi connectivity index (χ3n) is 2.22. The molecule has 0 saturated carbocycles. The molecule has 1 aromatic heterocycles. The zero-order chi connectivity index (χ0) is 8.23. The van der Waals surface area contributed by atoms with E-state index in [2.05, 4.69) is 33.5 Å². The Balaban J connectivity index is 1.86. The largest absolute Gasteiger partial charge is 0.323 e. The molecule has 2 heterocycles. The summed E-state index contributed by atoms with van der Waals surface area (Å²) in [6, 6.07) is 4.19. The van der Waals surface area contributed by atoms with Crippen LogP contribution in [0.1, 0.15) is 19.3 Å². The highest BCUT2D eigenvalue weighted by molar-refractivity contribution is 7.33. The van der Waals surface area contributed by atoms with Gasteiger partial charge in [0.05, 0.1) is 8.88 Å². The Kier molecular flexibility index (Phi) is 2.80. The van der Waals surface area contributed by atoms with Gasteiger partial charge in [-0.3, -0.25) is 4.67 Å². The SMILES string of the molecule is c1ccn(PN2CCCCC2)c1. The number of hydrogen-bond acceptors (Lipinski definition) is 1. The third-order valence-corrected chi connectivity index (χ3v) is 3.48. The molecule has 1 aliphatic rings. The molecule has 0 radical (unpaired) electrons. The van der Waals surface area contributed by atoms with Gasteiger partial charge in [0, 0.05) is 25.5 Å². The van der Waals surface area contributed by atoms with Crippen molar-refractivity contribution in [3.8, 4) is 0 Å². The molecular formula is C9H15N2P. The van der Waals surface area contributed by atoms with Gasteiger partial charge in [-0.15, -0.1) is 0 Å². The fourth-order valence-electron chi connectivity index (χ4n) is 1.56. The highest BCUT2D eigenvalue weighted by Gasteiger charge is 2.09. The molecule has 1 saturated heterocycles. The van der Waals surface area contributed by atoms with Gasteiger partial charge in [-0.25, -0.2) is 0 Å². The second-order valence-corrected chi connectivity index (χ2v) is 4.59. The summed E-state index contributed by atoms with van der Waals surface area (Å²) in [5.74, 6) is 0. The van der Waals surface area contributed by atoms with E-state index in [4.69, 9.17) is 0 Å². The van der Waals surface area contributed by atoms with Crippen LogP contribution in [-0.4, -0.2) is 22.1 Å². The first-order valence-electron chi connectivity index (χ1n) is 4.60. The standard InChI is InChI=1S/C9H15N2P/c1-2-6-10(7-3-1)12-11-8-4-5-9-11/h4-5,8-9,12H,1-3,6-7H2. The Hall–Kier alpha value is -0.330. The molecule has 1 aliphatic heterocycles. The Labute approximate surface area is 75.5 Å². The van der Waals surface area contributed by atoms with Crippen molar-refractivity contribution < 1.29 is 0 Å². The molecule has 1 atom stereocenters. The third kappa shape index (κ3) is 2.09. The molecule has 0 N–H and O–H groups in total. The number of rotatable bonds is 2. The van der Waals surface area contributed by atoms with Crippen LogP contribution in [0.2, 0.25) is 0 Å². The maximum Gasteiger partial charge on any atom is 0.0555 e. The summed E-state index contributed by atoms with van der Waals surface area (Å²) in [5.41, 5.74) is 0. The van der Waals surface area contributed by atoms with E-state index in [9.17, 15) is 0 Å². The van der Waals surface area contributed by atoms with E-state index < -0.39 is 0 Å². The topological polar surface area (TPSA) is 8.17 Å². The van der Waals surface area contributed by atoms with Crippen LogP contribution in [0.3, 0.4) is 0 Å². The van der Waals surface area contributed by atoms with Crippen molar-refractivity contribution in [3.63, 3.8) is 0 Å². The lowest BCUT2D eigenvalue weighted by molar-refractivity contribution is 0.372. The molecular weight excluding hydrogens is 167 g/mol. The summed E-state index contributed by atoms with van der Waals surface area (Å²) in [7, 11) is 0.828. The van der Waals surface area contributed by atoms with Crippen molar-refractivity contribution in [1.82, 2.24) is 9.01 Å². The summed E-state index contributed by atoms with van der Waals surface area (Å²) in [6.07, 6.45) is 8.48. The second kappa shape index (κ2) is 4.06. The first kappa shape index (κ1) is 8.28. The quantitative estimate of drug-likeness (QED) is 0.637. The summed E-state index contributed by atoms with van der Waals surface area (Å²) < 4.78 is 4.81. The molecule has 2 rings (SSSR count). The van der Waals surface area contributed by atoms with Gasteiger partial charge in [0.1, 0.15) is 0 Å². The van der Waals surface area contributed by atoms with Gasteiger partial charge in [-0.2, -0.15) is 0 Å². The first-order valence-corrected chi connectivity index (χ1v) is 5.49. The molecule has 12 heavy (non-hydrogen) atoms. The molecule has 0 aromatic carbocycles. The van der Waals surface area contributed by atoms with E-state index in [-0.39, 0.29) is 0 Å². The summed E-state index contributed by atoms with van der Waals surface area (Å²) in [5, 5.41) is 0. The highest BCUT2D eigenvalue weighted by atomic mass is 31.1. The minimum Gasteiger partial charge on any atom is -0.323 e. The zero-order valence-corrected chi connectivity index (χ0v) is 8.24. The van der Waals surface area contributed by atoms with E-state index in [0.717, 1.165) is 8.88 Å². The van der Waals surface area contributed by atoms with Crippen LogP contribution in [-0.2, 0) is 0 Å². The molecule has 3 heteroatoms. The summed E-state index contributed by atoms with van der Waals surface area (Å²) in [4.78, 5) is 0. The molecule has 0 aliphatic carbocycles. The maximum absolute atomic E-state index is 2.55. The van der Waals surface area contributed by atoms with Gasteiger partial charge < -0.3 is 4.34 Å². The van der Waals surface area contributed by atoms with Crippen molar-refractivity contribution >= 4 is 8.88 Å². The van der Waals surface area contributed by atoms with Gasteiger partial charge in [-0.1, -0.05) is 6.42 Å². The van der Waals surface area contributed by atoms with Crippen LogP contribution in [0, 0.1) is 0 Å². The predicted octanol–water partition coefficient (Wildman–Crippen LogP) is 2.33. The van der Waals surface area contributed by atoms with Crippen LogP contribution in [0.25, 0.3) is 0 Å². The van der Waals surface area contributed by atoms with E-state index >= 15 is 0 Å². The van der Waals surface area contributed by atoms with Gasteiger partial charge in [0.25, 0.3) is 0 Å². The molecule has 1 fully saturated rings. The predicted molar refractivity (Wildman–Crippen MR) is 53.6 cm³/mol. The molecule has 2 nitrogen and oxygen atoms in total. The number of hydrogen-bond donors (Lipinski definition) is 0. The van der Waals surface area contributed by atoms with E-state index in [1.165, 1.54) is 32.4 Å². The second-order valence-electron chi connectivity index (χ2n) is 3.24. The van der Waals surface area contributed by atoms with E-state index in [0.29, 0.717) is 0 Å². The van der Waals surface area contributed by atoms with Crippen molar-refractivity contribution in [2.45, 2.75) is 19.3 Å². The lowest BCUT2D eigenvalue weighted by atomic mass is 10.2. The van der Waals surface area contributed by atoms with Crippen molar-refractivity contribution in [1.29, 1.82) is 0 Å². The van der Waals surface area contributed by atoms with Crippen LogP contribution in [0.4, 0.5) is 0 Å². The van der Waals surface area contributed by atoms with Crippen LogP contribution >= 0.6 is 8.88 Å². The Morgan fingerprint density at radius 2 is 1.58 bits per heavy atom. The minimum atomic E-state index is 0.828. The first-order chi connectivity index (χ1) is 5.95. The molecule has 0 bridgehead atoms. The van der Waals surface area contributed by atoms with E-state index in [1.807, 2.05) is 0 Å². The molecule has 0 amide bonds. The van der Waals surface area contributed by atoms with Crippen LogP contribution in [0.5, 0.6) is 0 Å². The zero-order valence-electron chi connectivity index (χ0n) is 7.24. The Morgan fingerprint density at radius 3 is 2.25 bits per heavy atom. The fraction of sp³-hybridized carbons (Fsp3) is 0.556. The highest BCUT2D eigenvalue weighted by Crippen LogP contribution is 2.24. The minimum absolute atomic E-state index is 0.828. The number of aromatic nitrogens is 1.